The average molecular weight is 246 g/mol. The van der Waals surface area contributed by atoms with Gasteiger partial charge in [-0.3, -0.25) is 0 Å². The Morgan fingerprint density at radius 1 is 1.22 bits per heavy atom. The Kier molecular flexibility index (Phi) is 4.72. The van der Waals surface area contributed by atoms with Gasteiger partial charge < -0.3 is 5.32 Å². The van der Waals surface area contributed by atoms with Crippen molar-refractivity contribution in [1.29, 1.82) is 5.26 Å². The first-order valence-corrected chi connectivity index (χ1v) is 6.66. The number of nitriles is 1. The molecule has 1 saturated carbocycles. The highest BCUT2D eigenvalue weighted by Crippen LogP contribution is 2.23. The molecule has 0 spiro atoms. The van der Waals surface area contributed by atoms with Gasteiger partial charge in [-0.2, -0.15) is 5.26 Å². The summed E-state index contributed by atoms with van der Waals surface area (Å²) >= 11 is 0. The highest BCUT2D eigenvalue weighted by Gasteiger charge is 2.19. The lowest BCUT2D eigenvalue weighted by atomic mass is 9.87. The van der Waals surface area contributed by atoms with Crippen molar-refractivity contribution in [1.82, 2.24) is 5.32 Å². The zero-order valence-corrected chi connectivity index (χ0v) is 10.5. The minimum absolute atomic E-state index is 0.118. The lowest BCUT2D eigenvalue weighted by molar-refractivity contribution is 0.333. The standard InChI is InChI=1S/C15H19FN2/c16-15-4-2-1-3-13(15)9-10-18-14-7-5-12(11-17)6-8-14/h1-4,12,14,18H,5-10H2. The van der Waals surface area contributed by atoms with Crippen LogP contribution in [-0.4, -0.2) is 12.6 Å². The molecule has 96 valence electrons. The van der Waals surface area contributed by atoms with Crippen molar-refractivity contribution in [3.63, 3.8) is 0 Å². The van der Waals surface area contributed by atoms with Crippen LogP contribution in [0.2, 0.25) is 0 Å². The maximum atomic E-state index is 13.4. The fourth-order valence-corrected chi connectivity index (χ4v) is 2.54. The fourth-order valence-electron chi connectivity index (χ4n) is 2.54. The van der Waals surface area contributed by atoms with E-state index in [4.69, 9.17) is 5.26 Å². The molecule has 0 aliphatic heterocycles. The van der Waals surface area contributed by atoms with Crippen LogP contribution in [-0.2, 0) is 6.42 Å². The van der Waals surface area contributed by atoms with Gasteiger partial charge in [0.25, 0.3) is 0 Å². The van der Waals surface area contributed by atoms with Crippen LogP contribution >= 0.6 is 0 Å². The summed E-state index contributed by atoms with van der Waals surface area (Å²) in [5.74, 6) is 0.127. The molecule has 1 N–H and O–H groups in total. The smallest absolute Gasteiger partial charge is 0.126 e. The topological polar surface area (TPSA) is 35.8 Å². The number of rotatable bonds is 4. The van der Waals surface area contributed by atoms with Crippen molar-refractivity contribution in [3.05, 3.63) is 35.6 Å². The van der Waals surface area contributed by atoms with Crippen molar-refractivity contribution in [2.45, 2.75) is 38.1 Å². The number of benzene rings is 1. The minimum Gasteiger partial charge on any atom is -0.314 e. The number of hydrogen-bond acceptors (Lipinski definition) is 2. The average Bonchev–Trinajstić information content (AvgIpc) is 2.42. The van der Waals surface area contributed by atoms with Crippen molar-refractivity contribution in [3.8, 4) is 6.07 Å². The molecule has 18 heavy (non-hydrogen) atoms. The molecule has 1 aromatic rings. The van der Waals surface area contributed by atoms with Crippen LogP contribution < -0.4 is 5.32 Å². The van der Waals surface area contributed by atoms with E-state index in [9.17, 15) is 4.39 Å². The lowest BCUT2D eigenvalue weighted by Gasteiger charge is -2.25. The van der Waals surface area contributed by atoms with Crippen LogP contribution in [0.4, 0.5) is 4.39 Å². The quantitative estimate of drug-likeness (QED) is 0.886. The Labute approximate surface area is 108 Å². The normalized spacial score (nSPS) is 23.6. The molecule has 1 aliphatic carbocycles. The summed E-state index contributed by atoms with van der Waals surface area (Å²) in [6.45, 7) is 0.808. The molecule has 1 fully saturated rings. The van der Waals surface area contributed by atoms with Crippen molar-refractivity contribution >= 4 is 0 Å². The summed E-state index contributed by atoms with van der Waals surface area (Å²) in [4.78, 5) is 0. The lowest BCUT2D eigenvalue weighted by Crippen LogP contribution is -2.34. The van der Waals surface area contributed by atoms with Gasteiger partial charge in [0.15, 0.2) is 0 Å². The summed E-state index contributed by atoms with van der Waals surface area (Å²) in [6, 6.07) is 9.77. The number of nitrogens with zero attached hydrogens (tertiary/aromatic N) is 1. The second-order valence-corrected chi connectivity index (χ2v) is 4.97. The highest BCUT2D eigenvalue weighted by atomic mass is 19.1. The van der Waals surface area contributed by atoms with Crippen molar-refractivity contribution < 1.29 is 4.39 Å². The third-order valence-corrected chi connectivity index (χ3v) is 3.69. The molecule has 0 aromatic heterocycles. The van der Waals surface area contributed by atoms with Gasteiger partial charge in [0.05, 0.1) is 6.07 Å². The first-order valence-electron chi connectivity index (χ1n) is 6.66. The third-order valence-electron chi connectivity index (χ3n) is 3.69. The van der Waals surface area contributed by atoms with E-state index in [0.717, 1.165) is 44.2 Å². The Morgan fingerprint density at radius 2 is 1.94 bits per heavy atom. The van der Waals surface area contributed by atoms with E-state index < -0.39 is 0 Å². The first-order chi connectivity index (χ1) is 8.79. The number of hydrogen-bond donors (Lipinski definition) is 1. The van der Waals surface area contributed by atoms with Crippen LogP contribution in [0.25, 0.3) is 0 Å². The molecular weight excluding hydrogens is 227 g/mol. The van der Waals surface area contributed by atoms with Gasteiger partial charge in [-0.1, -0.05) is 18.2 Å². The Hall–Kier alpha value is -1.40. The second kappa shape index (κ2) is 6.51. The van der Waals surface area contributed by atoms with Gasteiger partial charge in [-0.25, -0.2) is 4.39 Å². The predicted octanol–water partition coefficient (Wildman–Crippen LogP) is 3.04. The van der Waals surface area contributed by atoms with E-state index in [1.54, 1.807) is 6.07 Å². The summed E-state index contributed by atoms with van der Waals surface area (Å²) in [6.07, 6.45) is 4.84. The zero-order chi connectivity index (χ0) is 12.8. The number of halogens is 1. The predicted molar refractivity (Wildman–Crippen MR) is 69.5 cm³/mol. The van der Waals surface area contributed by atoms with Gasteiger partial charge in [-0.15, -0.1) is 0 Å². The second-order valence-electron chi connectivity index (χ2n) is 4.97. The molecule has 0 heterocycles. The summed E-state index contributed by atoms with van der Waals surface area (Å²) in [5.41, 5.74) is 0.774. The summed E-state index contributed by atoms with van der Waals surface area (Å²) in [7, 11) is 0. The van der Waals surface area contributed by atoms with E-state index in [-0.39, 0.29) is 11.7 Å². The van der Waals surface area contributed by atoms with Crippen molar-refractivity contribution in [2.24, 2.45) is 5.92 Å². The van der Waals surface area contributed by atoms with Gasteiger partial charge >= 0.3 is 0 Å². The zero-order valence-electron chi connectivity index (χ0n) is 10.5. The van der Waals surface area contributed by atoms with Gasteiger partial charge in [0.1, 0.15) is 5.82 Å². The fraction of sp³-hybridized carbons (Fsp3) is 0.533. The van der Waals surface area contributed by atoms with E-state index >= 15 is 0 Å². The maximum Gasteiger partial charge on any atom is 0.126 e. The molecule has 0 unspecified atom stereocenters. The molecule has 0 radical (unpaired) electrons. The Bertz CT molecular complexity index is 417. The Balaban J connectivity index is 1.71. The van der Waals surface area contributed by atoms with E-state index in [1.165, 1.54) is 6.07 Å². The molecule has 0 saturated heterocycles. The monoisotopic (exact) mass is 246 g/mol. The van der Waals surface area contributed by atoms with Gasteiger partial charge in [0, 0.05) is 12.0 Å². The van der Waals surface area contributed by atoms with E-state index in [0.29, 0.717) is 6.04 Å². The molecular formula is C15H19FN2. The van der Waals surface area contributed by atoms with Crippen molar-refractivity contribution in [2.75, 3.05) is 6.54 Å². The highest BCUT2D eigenvalue weighted by molar-refractivity contribution is 5.17. The van der Waals surface area contributed by atoms with Gasteiger partial charge in [-0.05, 0) is 50.3 Å². The van der Waals surface area contributed by atoms with Crippen LogP contribution in [0, 0.1) is 23.1 Å². The molecule has 0 bridgehead atoms. The largest absolute Gasteiger partial charge is 0.314 e. The van der Waals surface area contributed by atoms with Crippen LogP contribution in [0.1, 0.15) is 31.2 Å². The summed E-state index contributed by atoms with van der Waals surface area (Å²) < 4.78 is 13.4. The molecule has 0 amide bonds. The first kappa shape index (κ1) is 13.0. The maximum absolute atomic E-state index is 13.4. The van der Waals surface area contributed by atoms with Gasteiger partial charge in [0.2, 0.25) is 0 Å². The minimum atomic E-state index is -0.118. The third kappa shape index (κ3) is 3.54. The number of nitrogens with one attached hydrogen (secondary N) is 1. The van der Waals surface area contributed by atoms with E-state index in [1.807, 2.05) is 12.1 Å². The SMILES string of the molecule is N#CC1CCC(NCCc2ccccc2F)CC1. The summed E-state index contributed by atoms with van der Waals surface area (Å²) in [5, 5.41) is 12.3. The Morgan fingerprint density at radius 3 is 2.61 bits per heavy atom. The molecule has 1 aliphatic rings. The van der Waals surface area contributed by atoms with E-state index in [2.05, 4.69) is 11.4 Å². The molecule has 1 aromatic carbocycles. The molecule has 2 nitrogen and oxygen atoms in total. The van der Waals surface area contributed by atoms with Crippen LogP contribution in [0.5, 0.6) is 0 Å². The molecule has 3 heteroatoms. The van der Waals surface area contributed by atoms with Crippen LogP contribution in [0.3, 0.4) is 0 Å². The molecule has 2 rings (SSSR count). The molecule has 0 atom stereocenters. The van der Waals surface area contributed by atoms with Crippen LogP contribution in [0.15, 0.2) is 24.3 Å².